The summed E-state index contributed by atoms with van der Waals surface area (Å²) in [4.78, 5) is 23.7. The fraction of sp³-hybridized carbons (Fsp3) is 0.263. The van der Waals surface area contributed by atoms with Crippen LogP contribution in [0.2, 0.25) is 0 Å². The molecular formula is C19H20FN3O2. The molecule has 3 rings (SSSR count). The summed E-state index contributed by atoms with van der Waals surface area (Å²) in [5.41, 5.74) is 7.91. The predicted molar refractivity (Wildman–Crippen MR) is 92.1 cm³/mol. The highest BCUT2D eigenvalue weighted by Gasteiger charge is 2.26. The monoisotopic (exact) mass is 341 g/mol. The maximum absolute atomic E-state index is 13.5. The van der Waals surface area contributed by atoms with Gasteiger partial charge < -0.3 is 16.4 Å². The van der Waals surface area contributed by atoms with Gasteiger partial charge in [-0.1, -0.05) is 36.4 Å². The Morgan fingerprint density at radius 2 is 1.96 bits per heavy atom. The summed E-state index contributed by atoms with van der Waals surface area (Å²) in [6.45, 7) is 0. The number of primary amides is 1. The zero-order chi connectivity index (χ0) is 17.8. The van der Waals surface area contributed by atoms with Crippen molar-refractivity contribution < 1.29 is 14.0 Å². The number of hydrogen-bond acceptors (Lipinski definition) is 2. The first kappa shape index (κ1) is 17.0. The molecule has 0 saturated heterocycles. The van der Waals surface area contributed by atoms with E-state index in [1.54, 1.807) is 6.07 Å². The molecule has 0 spiro atoms. The number of halogens is 1. The van der Waals surface area contributed by atoms with Crippen molar-refractivity contribution in [2.24, 2.45) is 5.73 Å². The van der Waals surface area contributed by atoms with Crippen LogP contribution in [0, 0.1) is 5.82 Å². The minimum Gasteiger partial charge on any atom is -0.352 e. The Morgan fingerprint density at radius 3 is 2.68 bits per heavy atom. The average Bonchev–Trinajstić information content (AvgIpc) is 2.96. The van der Waals surface area contributed by atoms with Gasteiger partial charge in [0.1, 0.15) is 5.82 Å². The normalized spacial score (nSPS) is 16.8. The zero-order valence-electron chi connectivity index (χ0n) is 13.7. The summed E-state index contributed by atoms with van der Waals surface area (Å²) in [7, 11) is 0. The number of hydrogen-bond donors (Lipinski definition) is 3. The zero-order valence-corrected chi connectivity index (χ0v) is 13.7. The Labute approximate surface area is 145 Å². The number of nitrogens with two attached hydrogens (primary N) is 1. The third kappa shape index (κ3) is 4.15. The highest BCUT2D eigenvalue weighted by Crippen LogP contribution is 2.31. The Bertz CT molecular complexity index is 779. The average molecular weight is 341 g/mol. The largest absolute Gasteiger partial charge is 0.352 e. The summed E-state index contributed by atoms with van der Waals surface area (Å²) in [6.07, 6.45) is 1.61. The van der Waals surface area contributed by atoms with Crippen LogP contribution >= 0.6 is 0 Å². The van der Waals surface area contributed by atoms with E-state index in [1.807, 2.05) is 30.3 Å². The summed E-state index contributed by atoms with van der Waals surface area (Å²) in [5.74, 6) is -0.526. The smallest absolute Gasteiger partial charge is 0.312 e. The number of benzene rings is 2. The van der Waals surface area contributed by atoms with Gasteiger partial charge >= 0.3 is 6.03 Å². The molecule has 25 heavy (non-hydrogen) atoms. The quantitative estimate of drug-likeness (QED) is 0.781. The number of rotatable bonds is 5. The van der Waals surface area contributed by atoms with E-state index in [9.17, 15) is 14.0 Å². The van der Waals surface area contributed by atoms with Crippen LogP contribution in [-0.2, 0) is 11.2 Å². The number of fused-ring (bicyclic) bond motifs is 1. The van der Waals surface area contributed by atoms with Crippen LogP contribution in [0.25, 0.3) is 0 Å². The van der Waals surface area contributed by atoms with Crippen LogP contribution in [0.1, 0.15) is 41.6 Å². The molecule has 0 radical (unpaired) electrons. The summed E-state index contributed by atoms with van der Waals surface area (Å²) < 4.78 is 13.5. The lowest BCUT2D eigenvalue weighted by molar-refractivity contribution is -0.122. The molecule has 130 valence electrons. The molecule has 0 bridgehead atoms. The second-order valence-electron chi connectivity index (χ2n) is 6.18. The molecular weight excluding hydrogens is 321 g/mol. The van der Waals surface area contributed by atoms with Crippen molar-refractivity contribution in [3.05, 3.63) is 71.0 Å². The molecule has 2 atom stereocenters. The molecule has 2 unspecified atom stereocenters. The Morgan fingerprint density at radius 1 is 1.20 bits per heavy atom. The highest BCUT2D eigenvalue weighted by atomic mass is 19.1. The van der Waals surface area contributed by atoms with E-state index in [4.69, 9.17) is 5.73 Å². The fourth-order valence-electron chi connectivity index (χ4n) is 3.27. The van der Waals surface area contributed by atoms with Gasteiger partial charge in [-0.25, -0.2) is 9.18 Å². The Balaban J connectivity index is 1.69. The fourth-order valence-corrected chi connectivity index (χ4v) is 3.27. The lowest BCUT2D eigenvalue weighted by atomic mass is 10.0. The Hall–Kier alpha value is -2.89. The van der Waals surface area contributed by atoms with E-state index in [-0.39, 0.29) is 24.2 Å². The van der Waals surface area contributed by atoms with Crippen molar-refractivity contribution in [1.29, 1.82) is 0 Å². The lowest BCUT2D eigenvalue weighted by Crippen LogP contribution is -2.37. The van der Waals surface area contributed by atoms with Crippen LogP contribution in [0.5, 0.6) is 0 Å². The SMILES string of the molecule is NC(=O)NC(CC(=O)NC1CCc2ccc(F)cc21)c1ccccc1. The molecule has 0 fully saturated rings. The van der Waals surface area contributed by atoms with Crippen LogP contribution in [0.15, 0.2) is 48.5 Å². The van der Waals surface area contributed by atoms with Gasteiger partial charge in [0.2, 0.25) is 5.91 Å². The number of carbonyl (C=O) groups is 2. The molecule has 3 amide bonds. The van der Waals surface area contributed by atoms with E-state index in [2.05, 4.69) is 10.6 Å². The molecule has 5 nitrogen and oxygen atoms in total. The topological polar surface area (TPSA) is 84.2 Å². The lowest BCUT2D eigenvalue weighted by Gasteiger charge is -2.20. The van der Waals surface area contributed by atoms with Gasteiger partial charge in [0.25, 0.3) is 0 Å². The third-order valence-electron chi connectivity index (χ3n) is 4.43. The predicted octanol–water partition coefficient (Wildman–Crippen LogP) is 2.73. The molecule has 0 saturated carbocycles. The van der Waals surface area contributed by atoms with E-state index >= 15 is 0 Å². The number of urea groups is 1. The van der Waals surface area contributed by atoms with Crippen molar-refractivity contribution in [2.75, 3.05) is 0 Å². The minimum atomic E-state index is -0.685. The standard InChI is InChI=1S/C19H20FN3O2/c20-14-8-6-12-7-9-16(15(12)10-14)22-18(24)11-17(23-19(21)25)13-4-2-1-3-5-13/h1-6,8,10,16-17H,7,9,11H2,(H,22,24)(H3,21,23,25). The van der Waals surface area contributed by atoms with Crippen molar-refractivity contribution in [1.82, 2.24) is 10.6 Å². The van der Waals surface area contributed by atoms with Crippen molar-refractivity contribution in [3.8, 4) is 0 Å². The van der Waals surface area contributed by atoms with E-state index in [1.165, 1.54) is 12.1 Å². The Kier molecular flexibility index (Phi) is 4.97. The maximum Gasteiger partial charge on any atom is 0.312 e. The molecule has 0 heterocycles. The minimum absolute atomic E-state index is 0.0636. The molecule has 0 aliphatic heterocycles. The van der Waals surface area contributed by atoms with Crippen LogP contribution in [-0.4, -0.2) is 11.9 Å². The number of carbonyl (C=O) groups excluding carboxylic acids is 2. The van der Waals surface area contributed by atoms with Gasteiger partial charge in [-0.15, -0.1) is 0 Å². The first-order valence-electron chi connectivity index (χ1n) is 8.21. The van der Waals surface area contributed by atoms with Crippen LogP contribution in [0.3, 0.4) is 0 Å². The van der Waals surface area contributed by atoms with E-state index in [0.29, 0.717) is 0 Å². The number of amides is 3. The first-order valence-corrected chi connectivity index (χ1v) is 8.21. The molecule has 2 aromatic carbocycles. The van der Waals surface area contributed by atoms with Gasteiger partial charge in [-0.05, 0) is 41.7 Å². The molecule has 6 heteroatoms. The first-order chi connectivity index (χ1) is 12.0. The van der Waals surface area contributed by atoms with Gasteiger partial charge in [0.05, 0.1) is 18.5 Å². The third-order valence-corrected chi connectivity index (χ3v) is 4.43. The molecule has 1 aliphatic rings. The van der Waals surface area contributed by atoms with Crippen LogP contribution < -0.4 is 16.4 Å². The van der Waals surface area contributed by atoms with Crippen LogP contribution in [0.4, 0.5) is 9.18 Å². The summed E-state index contributed by atoms with van der Waals surface area (Å²) >= 11 is 0. The molecule has 4 N–H and O–H groups in total. The maximum atomic E-state index is 13.5. The summed E-state index contributed by atoms with van der Waals surface area (Å²) in [6, 6.07) is 12.5. The van der Waals surface area contributed by atoms with Crippen molar-refractivity contribution in [3.63, 3.8) is 0 Å². The molecule has 2 aromatic rings. The van der Waals surface area contributed by atoms with Crippen molar-refractivity contribution >= 4 is 11.9 Å². The highest BCUT2D eigenvalue weighted by molar-refractivity contribution is 5.79. The van der Waals surface area contributed by atoms with E-state index in [0.717, 1.165) is 29.5 Å². The molecule has 1 aliphatic carbocycles. The number of nitrogens with one attached hydrogen (secondary N) is 2. The van der Waals surface area contributed by atoms with Gasteiger partial charge in [-0.3, -0.25) is 4.79 Å². The molecule has 0 aromatic heterocycles. The second kappa shape index (κ2) is 7.34. The van der Waals surface area contributed by atoms with Gasteiger partial charge in [0, 0.05) is 0 Å². The second-order valence-corrected chi connectivity index (χ2v) is 6.18. The van der Waals surface area contributed by atoms with Gasteiger partial charge in [0.15, 0.2) is 0 Å². The van der Waals surface area contributed by atoms with E-state index < -0.39 is 12.1 Å². The van der Waals surface area contributed by atoms with Gasteiger partial charge in [-0.2, -0.15) is 0 Å². The summed E-state index contributed by atoms with van der Waals surface area (Å²) in [5, 5.41) is 5.54. The number of aryl methyl sites for hydroxylation is 1. The van der Waals surface area contributed by atoms with Crippen molar-refractivity contribution in [2.45, 2.75) is 31.3 Å².